The number of carbonyl (C=O) groups excluding carboxylic acids is 1. The maximum Gasteiger partial charge on any atom is 0.224 e. The first-order chi connectivity index (χ1) is 13.8. The normalized spacial score (nSPS) is 26.2. The van der Waals surface area contributed by atoms with Crippen molar-refractivity contribution in [1.82, 2.24) is 15.1 Å². The lowest BCUT2D eigenvalue weighted by Gasteiger charge is -2.42. The van der Waals surface area contributed by atoms with Crippen molar-refractivity contribution in [2.45, 2.75) is 57.2 Å². The smallest absolute Gasteiger partial charge is 0.224 e. The molecule has 0 radical (unpaired) electrons. The van der Waals surface area contributed by atoms with Gasteiger partial charge in [-0.2, -0.15) is 0 Å². The Morgan fingerprint density at radius 2 is 1.75 bits per heavy atom. The molecule has 0 aliphatic carbocycles. The molecule has 3 heterocycles. The molecule has 0 unspecified atom stereocenters. The van der Waals surface area contributed by atoms with Gasteiger partial charge in [-0.25, -0.2) is 0 Å². The highest BCUT2D eigenvalue weighted by Crippen LogP contribution is 2.25. The highest BCUT2D eigenvalue weighted by Gasteiger charge is 2.32. The molecule has 1 atom stereocenters. The summed E-state index contributed by atoms with van der Waals surface area (Å²) < 4.78 is 5.41. The molecule has 3 aliphatic rings. The van der Waals surface area contributed by atoms with Gasteiger partial charge in [0.25, 0.3) is 0 Å². The summed E-state index contributed by atoms with van der Waals surface area (Å²) in [4.78, 5) is 17.9. The maximum absolute atomic E-state index is 12.8. The molecule has 4 rings (SSSR count). The summed E-state index contributed by atoms with van der Waals surface area (Å²) in [6, 6.07) is 11.7. The van der Waals surface area contributed by atoms with E-state index in [2.05, 4.69) is 45.4 Å². The second-order valence-corrected chi connectivity index (χ2v) is 8.72. The van der Waals surface area contributed by atoms with Crippen molar-refractivity contribution >= 4 is 5.91 Å². The van der Waals surface area contributed by atoms with Crippen LogP contribution < -0.4 is 5.32 Å². The van der Waals surface area contributed by atoms with Crippen LogP contribution in [0.4, 0.5) is 0 Å². The second-order valence-electron chi connectivity index (χ2n) is 8.72. The maximum atomic E-state index is 12.8. The summed E-state index contributed by atoms with van der Waals surface area (Å²) in [5.74, 6) is 0.442. The molecule has 1 aromatic rings. The molecule has 3 aliphatic heterocycles. The first-order valence-electron chi connectivity index (χ1n) is 11.2. The van der Waals surface area contributed by atoms with Crippen LogP contribution in [0.25, 0.3) is 0 Å². The van der Waals surface area contributed by atoms with Crippen LogP contribution in [0.1, 0.15) is 44.1 Å². The number of likely N-dealkylation sites (tertiary alicyclic amines) is 2. The van der Waals surface area contributed by atoms with Crippen molar-refractivity contribution in [3.63, 3.8) is 0 Å². The largest absolute Gasteiger partial charge is 0.381 e. The number of benzene rings is 1. The van der Waals surface area contributed by atoms with Crippen molar-refractivity contribution < 1.29 is 9.53 Å². The minimum absolute atomic E-state index is 0.166. The standard InChI is InChI=1S/C23H35N3O2/c27-23(24-21-10-15-28-16-11-21)20-7-4-12-26(18-20)22-8-13-25(14-9-22)17-19-5-2-1-3-6-19/h1-3,5-6,20-22H,4,7-18H2,(H,24,27)/t20-/m1/s1. The monoisotopic (exact) mass is 385 g/mol. The van der Waals surface area contributed by atoms with Gasteiger partial charge in [0.15, 0.2) is 0 Å². The Morgan fingerprint density at radius 1 is 1.00 bits per heavy atom. The molecule has 3 saturated heterocycles. The van der Waals surface area contributed by atoms with Crippen LogP contribution in [0, 0.1) is 5.92 Å². The van der Waals surface area contributed by atoms with E-state index in [1.54, 1.807) is 0 Å². The summed E-state index contributed by atoms with van der Waals surface area (Å²) in [7, 11) is 0. The van der Waals surface area contributed by atoms with Crippen LogP contribution in [0.5, 0.6) is 0 Å². The molecule has 5 nitrogen and oxygen atoms in total. The summed E-state index contributed by atoms with van der Waals surface area (Å²) in [6.07, 6.45) is 6.56. The number of piperidine rings is 2. The Morgan fingerprint density at radius 3 is 2.50 bits per heavy atom. The van der Waals surface area contributed by atoms with Crippen LogP contribution in [0.3, 0.4) is 0 Å². The molecule has 1 N–H and O–H groups in total. The van der Waals surface area contributed by atoms with Gasteiger partial charge in [0, 0.05) is 38.4 Å². The summed E-state index contributed by atoms with van der Waals surface area (Å²) in [6.45, 7) is 7.04. The quantitative estimate of drug-likeness (QED) is 0.846. The van der Waals surface area contributed by atoms with E-state index in [1.165, 1.54) is 18.4 Å². The van der Waals surface area contributed by atoms with Gasteiger partial charge >= 0.3 is 0 Å². The highest BCUT2D eigenvalue weighted by molar-refractivity contribution is 5.79. The predicted octanol–water partition coefficient (Wildman–Crippen LogP) is 2.66. The van der Waals surface area contributed by atoms with Crippen molar-refractivity contribution in [2.75, 3.05) is 39.4 Å². The van der Waals surface area contributed by atoms with Gasteiger partial charge < -0.3 is 10.1 Å². The van der Waals surface area contributed by atoms with Gasteiger partial charge in [-0.15, -0.1) is 0 Å². The summed E-state index contributed by atoms with van der Waals surface area (Å²) in [5, 5.41) is 3.29. The van der Waals surface area contributed by atoms with Crippen molar-refractivity contribution in [2.24, 2.45) is 5.92 Å². The number of nitrogens with zero attached hydrogens (tertiary/aromatic N) is 2. The van der Waals surface area contributed by atoms with E-state index >= 15 is 0 Å². The molecule has 0 spiro atoms. The van der Waals surface area contributed by atoms with E-state index in [1.807, 2.05) is 0 Å². The van der Waals surface area contributed by atoms with E-state index in [0.717, 1.165) is 71.6 Å². The van der Waals surface area contributed by atoms with E-state index < -0.39 is 0 Å². The fraction of sp³-hybridized carbons (Fsp3) is 0.696. The number of carbonyl (C=O) groups is 1. The van der Waals surface area contributed by atoms with Gasteiger partial charge in [0.1, 0.15) is 0 Å². The molecule has 0 aromatic heterocycles. The summed E-state index contributed by atoms with van der Waals surface area (Å²) in [5.41, 5.74) is 1.41. The Kier molecular flexibility index (Phi) is 7.00. The van der Waals surface area contributed by atoms with Crippen LogP contribution in [0.15, 0.2) is 30.3 Å². The molecule has 5 heteroatoms. The molecule has 28 heavy (non-hydrogen) atoms. The van der Waals surface area contributed by atoms with Gasteiger partial charge in [-0.3, -0.25) is 14.6 Å². The fourth-order valence-corrected chi connectivity index (χ4v) is 5.00. The SMILES string of the molecule is O=C(NC1CCOCC1)[C@@H]1CCCN(C2CCN(Cc3ccccc3)CC2)C1. The first kappa shape index (κ1) is 19.9. The van der Waals surface area contributed by atoms with Gasteiger partial charge in [0.05, 0.1) is 5.92 Å². The number of ether oxygens (including phenoxy) is 1. The van der Waals surface area contributed by atoms with Crippen molar-refractivity contribution in [3.05, 3.63) is 35.9 Å². The topological polar surface area (TPSA) is 44.8 Å². The number of amides is 1. The predicted molar refractivity (Wildman–Crippen MR) is 111 cm³/mol. The van der Waals surface area contributed by atoms with Crippen molar-refractivity contribution in [1.29, 1.82) is 0 Å². The third-order valence-electron chi connectivity index (χ3n) is 6.71. The molecular weight excluding hydrogens is 350 g/mol. The van der Waals surface area contributed by atoms with Crippen LogP contribution in [0.2, 0.25) is 0 Å². The molecule has 3 fully saturated rings. The Bertz CT molecular complexity index is 610. The molecular formula is C23H35N3O2. The molecule has 154 valence electrons. The van der Waals surface area contributed by atoms with Crippen LogP contribution >= 0.6 is 0 Å². The minimum Gasteiger partial charge on any atom is -0.381 e. The number of hydrogen-bond donors (Lipinski definition) is 1. The van der Waals surface area contributed by atoms with Crippen LogP contribution in [-0.2, 0) is 16.1 Å². The Labute approximate surface area is 169 Å². The summed E-state index contributed by atoms with van der Waals surface area (Å²) >= 11 is 0. The van der Waals surface area contributed by atoms with Gasteiger partial charge in [-0.1, -0.05) is 30.3 Å². The zero-order valence-electron chi connectivity index (χ0n) is 17.0. The van der Waals surface area contributed by atoms with Crippen LogP contribution in [-0.4, -0.2) is 67.2 Å². The van der Waals surface area contributed by atoms with Gasteiger partial charge in [0.2, 0.25) is 5.91 Å². The minimum atomic E-state index is 0.166. The fourth-order valence-electron chi connectivity index (χ4n) is 5.00. The lowest BCUT2D eigenvalue weighted by molar-refractivity contribution is -0.128. The average Bonchev–Trinajstić information content (AvgIpc) is 2.76. The lowest BCUT2D eigenvalue weighted by atomic mass is 9.92. The zero-order valence-corrected chi connectivity index (χ0v) is 17.0. The van der Waals surface area contributed by atoms with E-state index in [0.29, 0.717) is 12.1 Å². The van der Waals surface area contributed by atoms with E-state index in [4.69, 9.17) is 4.74 Å². The number of rotatable bonds is 5. The van der Waals surface area contributed by atoms with E-state index in [9.17, 15) is 4.79 Å². The average molecular weight is 386 g/mol. The van der Waals surface area contributed by atoms with Gasteiger partial charge in [-0.05, 0) is 63.7 Å². The molecule has 1 amide bonds. The third-order valence-corrected chi connectivity index (χ3v) is 6.71. The Balaban J connectivity index is 1.23. The zero-order chi connectivity index (χ0) is 19.2. The first-order valence-corrected chi connectivity index (χ1v) is 11.2. The molecule has 0 saturated carbocycles. The molecule has 1 aromatic carbocycles. The highest BCUT2D eigenvalue weighted by atomic mass is 16.5. The van der Waals surface area contributed by atoms with Crippen molar-refractivity contribution in [3.8, 4) is 0 Å². The van der Waals surface area contributed by atoms with E-state index in [-0.39, 0.29) is 11.8 Å². The second kappa shape index (κ2) is 9.86. The lowest BCUT2D eigenvalue weighted by Crippen LogP contribution is -2.52. The Hall–Kier alpha value is -1.43. The number of hydrogen-bond acceptors (Lipinski definition) is 4. The molecule has 0 bridgehead atoms. The number of nitrogens with one attached hydrogen (secondary N) is 1. The third kappa shape index (κ3) is 5.34.